The number of hydrogen-bond acceptors (Lipinski definition) is 6. The maximum atomic E-state index is 11.7. The van der Waals surface area contributed by atoms with Crippen molar-refractivity contribution in [3.8, 4) is 0 Å². The predicted octanol–water partition coefficient (Wildman–Crippen LogP) is 0.331. The van der Waals surface area contributed by atoms with Crippen LogP contribution < -0.4 is 5.32 Å². The molecule has 2 N–H and O–H groups in total. The molecule has 0 saturated carbocycles. The first kappa shape index (κ1) is 13.7. The first-order valence-corrected chi connectivity index (χ1v) is 5.79. The number of aromatic nitrogens is 1. The van der Waals surface area contributed by atoms with E-state index in [2.05, 4.69) is 10.3 Å². The monoisotopic (exact) mass is 280 g/mol. The molecule has 9 nitrogen and oxygen atoms in total. The highest BCUT2D eigenvalue weighted by Gasteiger charge is 2.30. The lowest BCUT2D eigenvalue weighted by molar-refractivity contribution is -0.385. The fourth-order valence-corrected chi connectivity index (χ4v) is 1.95. The number of nitrogens with zero attached hydrogens (tertiary/aromatic N) is 3. The molecule has 2 rings (SSSR count). The summed E-state index contributed by atoms with van der Waals surface area (Å²) in [5.74, 6) is -1.55. The first-order valence-electron chi connectivity index (χ1n) is 5.79. The second-order valence-corrected chi connectivity index (χ2v) is 4.40. The number of carbonyl (C=O) groups is 2. The Morgan fingerprint density at radius 2 is 2.35 bits per heavy atom. The van der Waals surface area contributed by atoms with E-state index in [-0.39, 0.29) is 17.3 Å². The zero-order valence-corrected chi connectivity index (χ0v) is 10.6. The molecule has 0 radical (unpaired) electrons. The Balaban J connectivity index is 2.30. The number of carboxylic acid groups (broad SMARTS) is 1. The van der Waals surface area contributed by atoms with Crippen LogP contribution >= 0.6 is 0 Å². The molecule has 1 aliphatic heterocycles. The molecule has 20 heavy (non-hydrogen) atoms. The second-order valence-electron chi connectivity index (χ2n) is 4.40. The zero-order chi connectivity index (χ0) is 14.9. The number of pyridine rings is 1. The van der Waals surface area contributed by atoms with Crippen molar-refractivity contribution in [1.29, 1.82) is 0 Å². The standard InChI is InChI=1S/C11H12N4O5/c1-14-3-2-8(10(14)16)13-9-7(11(17)18)4-6(5-12-9)15(19)20/h4-5,8H,2-3H2,1H3,(H,12,13)(H,17,18). The number of carboxylic acids is 1. The highest BCUT2D eigenvalue weighted by atomic mass is 16.6. The molecular weight excluding hydrogens is 268 g/mol. The minimum atomic E-state index is -1.34. The van der Waals surface area contributed by atoms with E-state index in [0.29, 0.717) is 13.0 Å². The number of likely N-dealkylation sites (tertiary alicyclic amines) is 1. The van der Waals surface area contributed by atoms with Gasteiger partial charge < -0.3 is 15.3 Å². The van der Waals surface area contributed by atoms with Crippen molar-refractivity contribution < 1.29 is 19.6 Å². The molecule has 1 saturated heterocycles. The van der Waals surface area contributed by atoms with Gasteiger partial charge in [-0.15, -0.1) is 0 Å². The van der Waals surface area contributed by atoms with Crippen molar-refractivity contribution >= 4 is 23.4 Å². The topological polar surface area (TPSA) is 126 Å². The van der Waals surface area contributed by atoms with Gasteiger partial charge in [-0.25, -0.2) is 9.78 Å². The van der Waals surface area contributed by atoms with Crippen molar-refractivity contribution in [2.45, 2.75) is 12.5 Å². The number of rotatable bonds is 4. The molecule has 1 unspecified atom stereocenters. The summed E-state index contributed by atoms with van der Waals surface area (Å²) in [6, 6.07) is 0.355. The van der Waals surface area contributed by atoms with E-state index >= 15 is 0 Å². The number of amides is 1. The quantitative estimate of drug-likeness (QED) is 0.601. The van der Waals surface area contributed by atoms with Crippen LogP contribution in [0.3, 0.4) is 0 Å². The molecule has 0 aromatic carbocycles. The molecule has 1 fully saturated rings. The van der Waals surface area contributed by atoms with Gasteiger partial charge in [0.05, 0.1) is 4.92 Å². The Bertz CT molecular complexity index is 588. The van der Waals surface area contributed by atoms with Crippen molar-refractivity contribution in [3.05, 3.63) is 27.9 Å². The minimum absolute atomic E-state index is 0.0447. The highest BCUT2D eigenvalue weighted by molar-refractivity contribution is 5.95. The van der Waals surface area contributed by atoms with Crippen LogP contribution in [0.4, 0.5) is 11.5 Å². The van der Waals surface area contributed by atoms with E-state index in [1.807, 2.05) is 0 Å². The van der Waals surface area contributed by atoms with Crippen LogP contribution in [-0.4, -0.2) is 51.4 Å². The van der Waals surface area contributed by atoms with Gasteiger partial charge in [-0.2, -0.15) is 0 Å². The second kappa shape index (κ2) is 5.11. The lowest BCUT2D eigenvalue weighted by Crippen LogP contribution is -2.31. The normalized spacial score (nSPS) is 18.1. The number of nitrogens with one attached hydrogen (secondary N) is 1. The van der Waals surface area contributed by atoms with Crippen LogP contribution in [0.1, 0.15) is 16.8 Å². The van der Waals surface area contributed by atoms with E-state index < -0.39 is 22.6 Å². The average molecular weight is 280 g/mol. The van der Waals surface area contributed by atoms with Gasteiger partial charge in [-0.1, -0.05) is 0 Å². The molecule has 1 aromatic heterocycles. The van der Waals surface area contributed by atoms with E-state index in [1.165, 1.54) is 4.90 Å². The number of aromatic carboxylic acids is 1. The summed E-state index contributed by atoms with van der Waals surface area (Å²) in [5.41, 5.74) is -0.746. The summed E-state index contributed by atoms with van der Waals surface area (Å²) >= 11 is 0. The number of carbonyl (C=O) groups excluding carboxylic acids is 1. The molecule has 1 aliphatic rings. The molecular formula is C11H12N4O5. The Morgan fingerprint density at radius 1 is 1.65 bits per heavy atom. The van der Waals surface area contributed by atoms with Crippen LogP contribution in [0.5, 0.6) is 0 Å². The van der Waals surface area contributed by atoms with E-state index in [1.54, 1.807) is 7.05 Å². The molecule has 0 bridgehead atoms. The van der Waals surface area contributed by atoms with Crippen LogP contribution in [-0.2, 0) is 4.79 Å². The SMILES string of the molecule is CN1CCC(Nc2ncc([N+](=O)[O-])cc2C(=O)O)C1=O. The van der Waals surface area contributed by atoms with Crippen LogP contribution in [0, 0.1) is 10.1 Å². The molecule has 1 atom stereocenters. The summed E-state index contributed by atoms with van der Waals surface area (Å²) in [4.78, 5) is 38.0. The van der Waals surface area contributed by atoms with Gasteiger partial charge in [0.1, 0.15) is 23.6 Å². The molecule has 1 amide bonds. The van der Waals surface area contributed by atoms with Crippen LogP contribution in [0.2, 0.25) is 0 Å². The predicted molar refractivity (Wildman–Crippen MR) is 67.5 cm³/mol. The van der Waals surface area contributed by atoms with Gasteiger partial charge >= 0.3 is 5.97 Å². The summed E-state index contributed by atoms with van der Waals surface area (Å²) < 4.78 is 0. The minimum Gasteiger partial charge on any atom is -0.478 e. The first-order chi connectivity index (χ1) is 9.40. The third kappa shape index (κ3) is 2.51. The van der Waals surface area contributed by atoms with Gasteiger partial charge in [-0.3, -0.25) is 14.9 Å². The lowest BCUT2D eigenvalue weighted by atomic mass is 10.2. The summed E-state index contributed by atoms with van der Waals surface area (Å²) in [5, 5.41) is 22.4. The Kier molecular flexibility index (Phi) is 3.51. The van der Waals surface area contributed by atoms with Crippen molar-refractivity contribution in [1.82, 2.24) is 9.88 Å². The summed E-state index contributed by atoms with van der Waals surface area (Å²) in [7, 11) is 1.64. The Morgan fingerprint density at radius 3 is 2.85 bits per heavy atom. The Hall–Kier alpha value is -2.71. The Labute approximate surface area is 113 Å². The van der Waals surface area contributed by atoms with Gasteiger partial charge in [0.25, 0.3) is 5.69 Å². The summed E-state index contributed by atoms with van der Waals surface area (Å²) in [6.07, 6.45) is 1.48. The smallest absolute Gasteiger partial charge is 0.339 e. The number of likely N-dealkylation sites (N-methyl/N-ethyl adjacent to an activating group) is 1. The fraction of sp³-hybridized carbons (Fsp3) is 0.364. The van der Waals surface area contributed by atoms with E-state index in [0.717, 1.165) is 12.3 Å². The van der Waals surface area contributed by atoms with Crippen molar-refractivity contribution in [2.75, 3.05) is 18.9 Å². The van der Waals surface area contributed by atoms with E-state index in [9.17, 15) is 19.7 Å². The fourth-order valence-electron chi connectivity index (χ4n) is 1.95. The third-order valence-corrected chi connectivity index (χ3v) is 3.05. The zero-order valence-electron chi connectivity index (χ0n) is 10.6. The van der Waals surface area contributed by atoms with Crippen LogP contribution in [0.25, 0.3) is 0 Å². The molecule has 9 heteroatoms. The van der Waals surface area contributed by atoms with Gasteiger partial charge in [0, 0.05) is 19.7 Å². The lowest BCUT2D eigenvalue weighted by Gasteiger charge is -2.14. The highest BCUT2D eigenvalue weighted by Crippen LogP contribution is 2.22. The maximum absolute atomic E-state index is 11.7. The number of nitro groups is 1. The molecule has 2 heterocycles. The third-order valence-electron chi connectivity index (χ3n) is 3.05. The van der Waals surface area contributed by atoms with E-state index in [4.69, 9.17) is 5.11 Å². The van der Waals surface area contributed by atoms with Crippen LogP contribution in [0.15, 0.2) is 12.3 Å². The molecule has 0 aliphatic carbocycles. The van der Waals surface area contributed by atoms with Gasteiger partial charge in [-0.05, 0) is 6.42 Å². The largest absolute Gasteiger partial charge is 0.478 e. The number of anilines is 1. The summed E-state index contributed by atoms with van der Waals surface area (Å²) in [6.45, 7) is 0.561. The number of hydrogen-bond donors (Lipinski definition) is 2. The average Bonchev–Trinajstić information content (AvgIpc) is 2.70. The van der Waals surface area contributed by atoms with Crippen molar-refractivity contribution in [2.24, 2.45) is 0 Å². The molecule has 1 aromatic rings. The molecule has 106 valence electrons. The van der Waals surface area contributed by atoms with Gasteiger partial charge in [0.2, 0.25) is 5.91 Å². The maximum Gasteiger partial charge on any atom is 0.339 e. The van der Waals surface area contributed by atoms with Gasteiger partial charge in [0.15, 0.2) is 0 Å². The molecule has 0 spiro atoms. The van der Waals surface area contributed by atoms with Crippen molar-refractivity contribution in [3.63, 3.8) is 0 Å².